The number of carbonyl (C=O) groups is 1. The Bertz CT molecular complexity index is 1190. The highest BCUT2D eigenvalue weighted by molar-refractivity contribution is 7.90. The second-order valence-corrected chi connectivity index (χ2v) is 11.4. The molecular weight excluding hydrogens is 461 g/mol. The Kier molecular flexibility index (Phi) is 7.07. The number of amides is 1. The third kappa shape index (κ3) is 5.40. The van der Waals surface area contributed by atoms with E-state index in [2.05, 4.69) is 16.9 Å². The standard InChI is InChI=1S/C23H32FN5O4S/c1-13(2)15(4)33-22-17(24)10-16(20(27-22)29-12-14(3)11-23(29,5)6)21(30)28-34(31,32)19-9-7-8-18(25)26-19/h7-10,13-15H,11-12H2,1-6H3,(H2,25,26)(H,28,30). The highest BCUT2D eigenvalue weighted by Crippen LogP contribution is 2.39. The molecule has 0 radical (unpaired) electrons. The summed E-state index contributed by atoms with van der Waals surface area (Å²) in [5.74, 6) is -1.57. The summed E-state index contributed by atoms with van der Waals surface area (Å²) in [6.07, 6.45) is 0.493. The minimum Gasteiger partial charge on any atom is -0.472 e. The van der Waals surface area contributed by atoms with Crippen LogP contribution in [0.3, 0.4) is 0 Å². The minimum atomic E-state index is -4.35. The molecule has 0 saturated carbocycles. The molecule has 186 valence electrons. The van der Waals surface area contributed by atoms with Gasteiger partial charge in [-0.15, -0.1) is 0 Å². The van der Waals surface area contributed by atoms with Crippen LogP contribution in [-0.4, -0.2) is 42.5 Å². The number of ether oxygens (including phenoxy) is 1. The van der Waals surface area contributed by atoms with Gasteiger partial charge in [0, 0.05) is 12.1 Å². The van der Waals surface area contributed by atoms with Crippen molar-refractivity contribution in [2.24, 2.45) is 11.8 Å². The lowest BCUT2D eigenvalue weighted by atomic mass is 9.97. The van der Waals surface area contributed by atoms with E-state index in [1.807, 2.05) is 37.3 Å². The van der Waals surface area contributed by atoms with Gasteiger partial charge in [-0.2, -0.15) is 13.4 Å². The van der Waals surface area contributed by atoms with Crippen LogP contribution in [0.4, 0.5) is 16.0 Å². The van der Waals surface area contributed by atoms with E-state index in [0.29, 0.717) is 6.54 Å². The van der Waals surface area contributed by atoms with Gasteiger partial charge in [0.1, 0.15) is 17.7 Å². The topological polar surface area (TPSA) is 128 Å². The predicted molar refractivity (Wildman–Crippen MR) is 128 cm³/mol. The van der Waals surface area contributed by atoms with Crippen LogP contribution < -0.4 is 20.1 Å². The predicted octanol–water partition coefficient (Wildman–Crippen LogP) is 3.36. The van der Waals surface area contributed by atoms with Crippen molar-refractivity contribution in [3.05, 3.63) is 35.6 Å². The maximum Gasteiger partial charge on any atom is 0.281 e. The third-order valence-electron chi connectivity index (χ3n) is 5.98. The molecule has 3 heterocycles. The molecule has 9 nitrogen and oxygen atoms in total. The van der Waals surface area contributed by atoms with E-state index in [0.717, 1.165) is 12.5 Å². The number of nitrogens with one attached hydrogen (secondary N) is 1. The molecule has 3 N–H and O–H groups in total. The van der Waals surface area contributed by atoms with Crippen LogP contribution >= 0.6 is 0 Å². The normalized spacial score (nSPS) is 18.7. The van der Waals surface area contributed by atoms with Crippen molar-refractivity contribution in [2.75, 3.05) is 17.2 Å². The first-order valence-electron chi connectivity index (χ1n) is 11.2. The number of halogens is 1. The number of rotatable bonds is 7. The van der Waals surface area contributed by atoms with E-state index in [1.165, 1.54) is 18.2 Å². The second kappa shape index (κ2) is 9.36. The summed E-state index contributed by atoms with van der Waals surface area (Å²) >= 11 is 0. The number of nitrogens with zero attached hydrogens (tertiary/aromatic N) is 3. The smallest absolute Gasteiger partial charge is 0.281 e. The van der Waals surface area contributed by atoms with Crippen molar-refractivity contribution in [1.29, 1.82) is 0 Å². The van der Waals surface area contributed by atoms with Crippen LogP contribution in [0.5, 0.6) is 5.88 Å². The van der Waals surface area contributed by atoms with E-state index < -0.39 is 32.3 Å². The van der Waals surface area contributed by atoms with Crippen molar-refractivity contribution in [3.8, 4) is 5.88 Å². The average Bonchev–Trinajstić information content (AvgIpc) is 3.00. The van der Waals surface area contributed by atoms with Gasteiger partial charge in [0.15, 0.2) is 10.8 Å². The van der Waals surface area contributed by atoms with Crippen molar-refractivity contribution in [3.63, 3.8) is 0 Å². The van der Waals surface area contributed by atoms with Crippen molar-refractivity contribution in [1.82, 2.24) is 14.7 Å². The quantitative estimate of drug-likeness (QED) is 0.601. The van der Waals surface area contributed by atoms with Gasteiger partial charge in [-0.25, -0.2) is 14.1 Å². The molecule has 1 aliphatic heterocycles. The Labute approximate surface area is 200 Å². The summed E-state index contributed by atoms with van der Waals surface area (Å²) in [5.41, 5.74) is 4.97. The van der Waals surface area contributed by atoms with Crippen LogP contribution in [0.2, 0.25) is 0 Å². The summed E-state index contributed by atoms with van der Waals surface area (Å²) in [5, 5.41) is -0.420. The number of hydrogen-bond acceptors (Lipinski definition) is 8. The average molecular weight is 494 g/mol. The maximum atomic E-state index is 15.0. The lowest BCUT2D eigenvalue weighted by Gasteiger charge is -2.34. The fourth-order valence-electron chi connectivity index (χ4n) is 4.00. The number of hydrogen-bond donors (Lipinski definition) is 2. The molecule has 3 rings (SSSR count). The minimum absolute atomic E-state index is 0.0164. The van der Waals surface area contributed by atoms with Gasteiger partial charge >= 0.3 is 0 Å². The molecule has 0 aromatic carbocycles. The fourth-order valence-corrected chi connectivity index (χ4v) is 4.94. The molecule has 0 aliphatic carbocycles. The summed E-state index contributed by atoms with van der Waals surface area (Å²) < 4.78 is 48.2. The Morgan fingerprint density at radius 2 is 1.97 bits per heavy atom. The Morgan fingerprint density at radius 1 is 1.29 bits per heavy atom. The van der Waals surface area contributed by atoms with E-state index >= 15 is 4.39 Å². The van der Waals surface area contributed by atoms with Crippen LogP contribution in [0, 0.1) is 17.7 Å². The lowest BCUT2D eigenvalue weighted by molar-refractivity contribution is 0.0980. The van der Waals surface area contributed by atoms with E-state index in [-0.39, 0.29) is 41.0 Å². The van der Waals surface area contributed by atoms with Crippen LogP contribution in [0.15, 0.2) is 29.3 Å². The zero-order valence-electron chi connectivity index (χ0n) is 20.3. The Morgan fingerprint density at radius 3 is 2.53 bits per heavy atom. The molecule has 2 unspecified atom stereocenters. The van der Waals surface area contributed by atoms with Gasteiger partial charge in [0.2, 0.25) is 0 Å². The molecule has 2 atom stereocenters. The highest BCUT2D eigenvalue weighted by atomic mass is 32.2. The molecule has 11 heteroatoms. The number of carbonyl (C=O) groups excluding carboxylic acids is 1. The van der Waals surface area contributed by atoms with Crippen LogP contribution in [-0.2, 0) is 10.0 Å². The molecule has 1 fully saturated rings. The number of anilines is 2. The van der Waals surface area contributed by atoms with Gasteiger partial charge in [0.25, 0.3) is 21.8 Å². The first-order valence-corrected chi connectivity index (χ1v) is 12.6. The van der Waals surface area contributed by atoms with E-state index in [1.54, 1.807) is 6.92 Å². The number of nitrogens with two attached hydrogens (primary N) is 1. The number of pyridine rings is 2. The van der Waals surface area contributed by atoms with Crippen molar-refractivity contribution < 1.29 is 22.3 Å². The largest absolute Gasteiger partial charge is 0.472 e. The first kappa shape index (κ1) is 25.7. The molecule has 1 saturated heterocycles. The molecule has 34 heavy (non-hydrogen) atoms. The van der Waals surface area contributed by atoms with Gasteiger partial charge in [-0.3, -0.25) is 4.79 Å². The Balaban J connectivity index is 2.06. The third-order valence-corrected chi connectivity index (χ3v) is 7.21. The van der Waals surface area contributed by atoms with E-state index in [4.69, 9.17) is 10.5 Å². The summed E-state index contributed by atoms with van der Waals surface area (Å²) in [4.78, 5) is 23.2. The second-order valence-electron chi connectivity index (χ2n) is 9.78. The summed E-state index contributed by atoms with van der Waals surface area (Å²) in [6, 6.07) is 5.01. The highest BCUT2D eigenvalue weighted by Gasteiger charge is 2.40. The molecule has 0 bridgehead atoms. The van der Waals surface area contributed by atoms with Crippen LogP contribution in [0.25, 0.3) is 0 Å². The first-order chi connectivity index (χ1) is 15.7. The Hall–Kier alpha value is -2.95. The SMILES string of the molecule is CC1CN(c2nc(OC(C)C(C)C)c(F)cc2C(=O)NS(=O)(=O)c2cccc(N)n2)C(C)(C)C1. The summed E-state index contributed by atoms with van der Waals surface area (Å²) in [7, 11) is -4.35. The van der Waals surface area contributed by atoms with Crippen molar-refractivity contribution in [2.45, 2.75) is 64.6 Å². The zero-order valence-corrected chi connectivity index (χ0v) is 21.1. The van der Waals surface area contributed by atoms with Gasteiger partial charge in [-0.05, 0) is 57.2 Å². The fraction of sp³-hybridized carbons (Fsp3) is 0.522. The maximum absolute atomic E-state index is 15.0. The van der Waals surface area contributed by atoms with Gasteiger partial charge in [0.05, 0.1) is 5.56 Å². The van der Waals surface area contributed by atoms with E-state index in [9.17, 15) is 13.2 Å². The van der Waals surface area contributed by atoms with Gasteiger partial charge in [-0.1, -0.05) is 26.8 Å². The van der Waals surface area contributed by atoms with Gasteiger partial charge < -0.3 is 15.4 Å². The lowest BCUT2D eigenvalue weighted by Crippen LogP contribution is -2.41. The zero-order chi connectivity index (χ0) is 25.4. The number of aromatic nitrogens is 2. The molecule has 2 aromatic heterocycles. The van der Waals surface area contributed by atoms with Crippen molar-refractivity contribution >= 4 is 27.6 Å². The summed E-state index contributed by atoms with van der Waals surface area (Å²) in [6.45, 7) is 12.3. The molecular formula is C23H32FN5O4S. The van der Waals surface area contributed by atoms with Crippen LogP contribution in [0.1, 0.15) is 58.3 Å². The molecule has 2 aromatic rings. The monoisotopic (exact) mass is 493 g/mol. The molecule has 1 aliphatic rings. The number of nitrogen functional groups attached to an aromatic ring is 1. The molecule has 0 spiro atoms. The number of sulfonamides is 1. The molecule has 1 amide bonds.